The topological polar surface area (TPSA) is 57.7 Å². The highest BCUT2D eigenvalue weighted by molar-refractivity contribution is 6.43. The Morgan fingerprint density at radius 3 is 2.15 bits per heavy atom. The molecule has 4 rings (SSSR count). The maximum Gasteiger partial charge on any atom is 0.262 e. The van der Waals surface area contributed by atoms with Crippen molar-refractivity contribution in [2.24, 2.45) is 11.8 Å². The van der Waals surface area contributed by atoms with Gasteiger partial charge >= 0.3 is 0 Å². The van der Waals surface area contributed by atoms with Gasteiger partial charge in [0.05, 0.1) is 21.2 Å². The van der Waals surface area contributed by atoms with Crippen LogP contribution >= 0.6 is 23.2 Å². The summed E-state index contributed by atoms with van der Waals surface area (Å²) in [5.41, 5.74) is 0.423. The van der Waals surface area contributed by atoms with Gasteiger partial charge in [0.2, 0.25) is 5.91 Å². The van der Waals surface area contributed by atoms with Crippen LogP contribution in [0.2, 0.25) is 10.0 Å². The third-order valence-electron chi connectivity index (χ3n) is 5.95. The molecule has 1 aromatic carbocycles. The molecule has 1 aliphatic carbocycles. The fourth-order valence-electron chi connectivity index (χ4n) is 4.49. The van der Waals surface area contributed by atoms with Crippen LogP contribution in [-0.4, -0.2) is 47.2 Å². The molecule has 2 heterocycles. The number of halogens is 2. The Hall–Kier alpha value is -1.59. The molecule has 3 amide bonds. The summed E-state index contributed by atoms with van der Waals surface area (Å²) < 4.78 is 0. The average molecular weight is 395 g/mol. The van der Waals surface area contributed by atoms with Gasteiger partial charge in [0.25, 0.3) is 11.8 Å². The van der Waals surface area contributed by atoms with E-state index in [9.17, 15) is 14.4 Å². The minimum absolute atomic E-state index is 0.166. The summed E-state index contributed by atoms with van der Waals surface area (Å²) in [6.45, 7) is 1.23. The number of rotatable bonds is 2. The highest BCUT2D eigenvalue weighted by Gasteiger charge is 2.39. The number of hydrogen-bond acceptors (Lipinski definition) is 3. The van der Waals surface area contributed by atoms with Gasteiger partial charge in [-0.05, 0) is 36.8 Å². The Kier molecular flexibility index (Phi) is 4.70. The number of nitrogens with zero attached hydrogens (tertiary/aromatic N) is 2. The number of likely N-dealkylation sites (tertiary alicyclic amines) is 1. The fraction of sp³-hybridized carbons (Fsp3) is 0.526. The standard InChI is InChI=1S/C19H20Cl2N2O3/c20-15-7-13-14(8-16(15)21)19(26)23(18(13)25)10-17(24)22-6-5-11-3-1-2-4-12(11)9-22/h7-8,11-12H,1-6,9-10H2/t11-,12+/m1/s1. The molecular formula is C19H20Cl2N2O3. The quantitative estimate of drug-likeness (QED) is 0.719. The highest BCUT2D eigenvalue weighted by atomic mass is 35.5. The summed E-state index contributed by atoms with van der Waals surface area (Å²) in [4.78, 5) is 40.7. The van der Waals surface area contributed by atoms with E-state index in [1.165, 1.54) is 37.8 Å². The maximum atomic E-state index is 12.7. The Bertz CT molecular complexity index is 754. The van der Waals surface area contributed by atoms with Crippen molar-refractivity contribution >= 4 is 40.9 Å². The molecule has 2 aliphatic heterocycles. The predicted molar refractivity (Wildman–Crippen MR) is 98.5 cm³/mol. The largest absolute Gasteiger partial charge is 0.341 e. The summed E-state index contributed by atoms with van der Waals surface area (Å²) in [6, 6.07) is 2.80. The van der Waals surface area contributed by atoms with Crippen molar-refractivity contribution in [3.63, 3.8) is 0 Å². The molecule has 1 saturated heterocycles. The van der Waals surface area contributed by atoms with Crippen molar-refractivity contribution in [2.75, 3.05) is 19.6 Å². The summed E-state index contributed by atoms with van der Waals surface area (Å²) in [5.74, 6) is 0.146. The Morgan fingerprint density at radius 2 is 1.54 bits per heavy atom. The van der Waals surface area contributed by atoms with Crippen LogP contribution in [0.5, 0.6) is 0 Å². The summed E-state index contributed by atoms with van der Waals surface area (Å²) >= 11 is 11.9. The fourth-order valence-corrected chi connectivity index (χ4v) is 4.82. The predicted octanol–water partition coefficient (Wildman–Crippen LogP) is 3.63. The molecule has 26 heavy (non-hydrogen) atoms. The smallest absolute Gasteiger partial charge is 0.262 e. The molecule has 5 nitrogen and oxygen atoms in total. The number of piperidine rings is 1. The normalized spacial score (nSPS) is 25.3. The number of imide groups is 1. The van der Waals surface area contributed by atoms with Gasteiger partial charge in [0.1, 0.15) is 6.54 Å². The van der Waals surface area contributed by atoms with E-state index in [2.05, 4.69) is 0 Å². The summed E-state index contributed by atoms with van der Waals surface area (Å²) in [7, 11) is 0. The second-order valence-corrected chi connectivity index (χ2v) is 8.26. The second-order valence-electron chi connectivity index (χ2n) is 7.44. The first-order valence-corrected chi connectivity index (χ1v) is 9.84. The van der Waals surface area contributed by atoms with E-state index in [1.807, 2.05) is 4.90 Å². The Balaban J connectivity index is 1.47. The number of hydrogen-bond donors (Lipinski definition) is 0. The molecule has 3 aliphatic rings. The lowest BCUT2D eigenvalue weighted by Gasteiger charge is -2.41. The van der Waals surface area contributed by atoms with Crippen molar-refractivity contribution in [1.29, 1.82) is 0 Å². The number of fused-ring (bicyclic) bond motifs is 2. The van der Waals surface area contributed by atoms with Gasteiger partial charge in [-0.3, -0.25) is 19.3 Å². The van der Waals surface area contributed by atoms with Gasteiger partial charge < -0.3 is 4.90 Å². The molecule has 0 aromatic heterocycles. The van der Waals surface area contributed by atoms with E-state index >= 15 is 0 Å². The molecule has 2 atom stereocenters. The van der Waals surface area contributed by atoms with E-state index in [0.717, 1.165) is 23.8 Å². The van der Waals surface area contributed by atoms with Crippen LogP contribution in [0.1, 0.15) is 52.8 Å². The number of amides is 3. The molecule has 0 spiro atoms. The molecule has 0 N–H and O–H groups in total. The molecule has 1 aromatic rings. The van der Waals surface area contributed by atoms with E-state index < -0.39 is 11.8 Å². The number of carbonyl (C=O) groups excluding carboxylic acids is 3. The Labute approximate surface area is 162 Å². The number of carbonyl (C=O) groups is 3. The monoisotopic (exact) mass is 394 g/mol. The van der Waals surface area contributed by atoms with Crippen LogP contribution in [-0.2, 0) is 4.79 Å². The van der Waals surface area contributed by atoms with Gasteiger partial charge in [0, 0.05) is 13.1 Å². The van der Waals surface area contributed by atoms with Crippen LogP contribution in [0.3, 0.4) is 0 Å². The lowest BCUT2D eigenvalue weighted by molar-refractivity contribution is -0.134. The highest BCUT2D eigenvalue weighted by Crippen LogP contribution is 2.36. The first kappa shape index (κ1) is 17.8. The summed E-state index contributed by atoms with van der Waals surface area (Å²) in [5, 5.41) is 0.443. The minimum Gasteiger partial charge on any atom is -0.341 e. The lowest BCUT2D eigenvalue weighted by Crippen LogP contribution is -2.49. The van der Waals surface area contributed by atoms with Crippen LogP contribution in [0.25, 0.3) is 0 Å². The zero-order valence-electron chi connectivity index (χ0n) is 14.3. The van der Waals surface area contributed by atoms with Crippen LogP contribution in [0, 0.1) is 11.8 Å². The van der Waals surface area contributed by atoms with Gasteiger partial charge in [-0.2, -0.15) is 0 Å². The first-order valence-electron chi connectivity index (χ1n) is 9.08. The maximum absolute atomic E-state index is 12.7. The van der Waals surface area contributed by atoms with Crippen LogP contribution in [0.4, 0.5) is 0 Å². The van der Waals surface area contributed by atoms with Gasteiger partial charge in [-0.15, -0.1) is 0 Å². The van der Waals surface area contributed by atoms with Crippen LogP contribution < -0.4 is 0 Å². The third-order valence-corrected chi connectivity index (χ3v) is 6.67. The summed E-state index contributed by atoms with van der Waals surface area (Å²) in [6.07, 6.45) is 5.95. The number of benzene rings is 1. The van der Waals surface area contributed by atoms with Gasteiger partial charge in [0.15, 0.2) is 0 Å². The van der Waals surface area contributed by atoms with Gasteiger partial charge in [-0.25, -0.2) is 0 Å². The van der Waals surface area contributed by atoms with E-state index in [-0.39, 0.29) is 33.6 Å². The van der Waals surface area contributed by atoms with Crippen molar-refractivity contribution in [3.05, 3.63) is 33.3 Å². The van der Waals surface area contributed by atoms with Gasteiger partial charge in [-0.1, -0.05) is 42.5 Å². The second kappa shape index (κ2) is 6.86. The lowest BCUT2D eigenvalue weighted by atomic mass is 9.75. The zero-order chi connectivity index (χ0) is 18.4. The van der Waals surface area contributed by atoms with E-state index in [1.54, 1.807) is 0 Å². The first-order chi connectivity index (χ1) is 12.5. The molecule has 1 saturated carbocycles. The molecule has 0 radical (unpaired) electrons. The van der Waals surface area contributed by atoms with Crippen LogP contribution in [0.15, 0.2) is 12.1 Å². The molecule has 7 heteroatoms. The van der Waals surface area contributed by atoms with Crippen molar-refractivity contribution < 1.29 is 14.4 Å². The molecule has 0 bridgehead atoms. The minimum atomic E-state index is -0.482. The SMILES string of the molecule is O=C(CN1C(=O)c2cc(Cl)c(Cl)cc2C1=O)N1CC[C@H]2CCCC[C@H]2C1. The molecule has 138 valence electrons. The van der Waals surface area contributed by atoms with E-state index in [4.69, 9.17) is 23.2 Å². The van der Waals surface area contributed by atoms with Crippen molar-refractivity contribution in [3.8, 4) is 0 Å². The van der Waals surface area contributed by atoms with Crippen molar-refractivity contribution in [1.82, 2.24) is 9.80 Å². The average Bonchev–Trinajstić information content (AvgIpc) is 2.86. The molecule has 2 fully saturated rings. The molecule has 0 unspecified atom stereocenters. The van der Waals surface area contributed by atoms with E-state index in [0.29, 0.717) is 12.5 Å². The van der Waals surface area contributed by atoms with Crippen molar-refractivity contribution in [2.45, 2.75) is 32.1 Å². The third kappa shape index (κ3) is 3.01. The molecular weight excluding hydrogens is 375 g/mol. The Morgan fingerprint density at radius 1 is 0.962 bits per heavy atom. The zero-order valence-corrected chi connectivity index (χ0v) is 15.9.